The largest absolute Gasteiger partial charge is 0.494 e. The number of urea groups is 1. The van der Waals surface area contributed by atoms with Crippen molar-refractivity contribution in [1.29, 1.82) is 0 Å². The number of methoxy groups -OCH3 is 1. The third kappa shape index (κ3) is 7.03. The lowest BCUT2D eigenvalue weighted by atomic mass is 10.2. The van der Waals surface area contributed by atoms with Gasteiger partial charge in [0.2, 0.25) is 5.91 Å². The Hall–Kier alpha value is -4.94. The molecule has 0 radical (unpaired) electrons. The first-order chi connectivity index (χ1) is 20.5. The van der Waals surface area contributed by atoms with E-state index < -0.39 is 6.03 Å². The molecular weight excluding hydrogens is 554 g/mol. The standard InChI is InChI=1S/C30H31N7O4S/c1-3-29(38)34-21-6-4-7-23(16-21)37(30(39)31-19-24-8-5-15-42-24)28-18-27(32-20-33-28)35-25-10-9-22(17-26(25)40-2)36-11-13-41-14-12-36/h3-10,15-18,20H,1,11-14,19H2,2H3,(H,31,39)(H,34,38)(H,32,33,35). The van der Waals surface area contributed by atoms with Gasteiger partial charge in [0.05, 0.1) is 38.2 Å². The van der Waals surface area contributed by atoms with Crippen molar-refractivity contribution in [1.82, 2.24) is 15.3 Å². The first kappa shape index (κ1) is 28.6. The highest BCUT2D eigenvalue weighted by Crippen LogP contribution is 2.33. The molecule has 1 aliphatic heterocycles. The van der Waals surface area contributed by atoms with Crippen LogP contribution in [0.4, 0.5) is 39.2 Å². The van der Waals surface area contributed by atoms with Crippen LogP contribution < -0.4 is 30.5 Å². The molecular formula is C30H31N7O4S. The van der Waals surface area contributed by atoms with E-state index in [1.807, 2.05) is 35.7 Å². The van der Waals surface area contributed by atoms with Crippen molar-refractivity contribution in [3.05, 3.63) is 89.9 Å². The van der Waals surface area contributed by atoms with Gasteiger partial charge in [-0.2, -0.15) is 0 Å². The van der Waals surface area contributed by atoms with Crippen LogP contribution in [0.3, 0.4) is 0 Å². The Balaban J connectivity index is 1.43. The molecule has 12 heteroatoms. The fraction of sp³-hybridized carbons (Fsp3) is 0.200. The maximum absolute atomic E-state index is 13.6. The molecule has 1 saturated heterocycles. The number of nitrogens with zero attached hydrogens (tertiary/aromatic N) is 4. The molecule has 0 saturated carbocycles. The van der Waals surface area contributed by atoms with Crippen molar-refractivity contribution in [2.24, 2.45) is 0 Å². The summed E-state index contributed by atoms with van der Waals surface area (Å²) in [5.41, 5.74) is 2.76. The van der Waals surface area contributed by atoms with Crippen LogP contribution in [-0.2, 0) is 16.1 Å². The highest BCUT2D eigenvalue weighted by atomic mass is 32.1. The third-order valence-corrected chi connectivity index (χ3v) is 7.34. The van der Waals surface area contributed by atoms with Crippen molar-refractivity contribution in [3.8, 4) is 5.75 Å². The number of hydrogen-bond acceptors (Lipinski definition) is 9. The highest BCUT2D eigenvalue weighted by Gasteiger charge is 2.21. The normalized spacial score (nSPS) is 12.7. The minimum Gasteiger partial charge on any atom is -0.494 e. The minimum absolute atomic E-state index is 0.326. The molecule has 0 spiro atoms. The molecule has 42 heavy (non-hydrogen) atoms. The fourth-order valence-electron chi connectivity index (χ4n) is 4.40. The molecule has 2 aromatic heterocycles. The number of nitrogens with one attached hydrogen (secondary N) is 3. The Kier molecular flexibility index (Phi) is 9.27. The zero-order valence-electron chi connectivity index (χ0n) is 23.1. The van der Waals surface area contributed by atoms with Crippen molar-refractivity contribution in [2.45, 2.75) is 6.54 Å². The van der Waals surface area contributed by atoms with E-state index in [2.05, 4.69) is 37.4 Å². The number of amides is 3. The van der Waals surface area contributed by atoms with Gasteiger partial charge in [-0.1, -0.05) is 18.7 Å². The van der Waals surface area contributed by atoms with Gasteiger partial charge in [-0.05, 0) is 47.9 Å². The van der Waals surface area contributed by atoms with Crippen LogP contribution in [0.5, 0.6) is 5.75 Å². The summed E-state index contributed by atoms with van der Waals surface area (Å²) >= 11 is 1.55. The lowest BCUT2D eigenvalue weighted by Gasteiger charge is -2.29. The molecule has 3 N–H and O–H groups in total. The second-order valence-corrected chi connectivity index (χ2v) is 10.2. The highest BCUT2D eigenvalue weighted by molar-refractivity contribution is 7.09. The van der Waals surface area contributed by atoms with E-state index in [9.17, 15) is 9.59 Å². The molecule has 3 heterocycles. The van der Waals surface area contributed by atoms with Gasteiger partial charge in [0.1, 0.15) is 23.7 Å². The van der Waals surface area contributed by atoms with E-state index in [0.717, 1.165) is 23.7 Å². The molecule has 0 atom stereocenters. The average molecular weight is 586 g/mol. The lowest BCUT2D eigenvalue weighted by molar-refractivity contribution is -0.111. The Morgan fingerprint density at radius 1 is 1.12 bits per heavy atom. The van der Waals surface area contributed by atoms with E-state index in [0.29, 0.717) is 54.2 Å². The number of morpholine rings is 1. The van der Waals surface area contributed by atoms with Gasteiger partial charge in [0.15, 0.2) is 0 Å². The van der Waals surface area contributed by atoms with Gasteiger partial charge >= 0.3 is 6.03 Å². The molecule has 11 nitrogen and oxygen atoms in total. The van der Waals surface area contributed by atoms with Crippen LogP contribution in [0.1, 0.15) is 4.88 Å². The summed E-state index contributed by atoms with van der Waals surface area (Å²) in [6.45, 7) is 6.85. The molecule has 2 aromatic carbocycles. The molecule has 1 fully saturated rings. The fourth-order valence-corrected chi connectivity index (χ4v) is 5.05. The predicted molar refractivity (Wildman–Crippen MR) is 165 cm³/mol. The molecule has 0 bridgehead atoms. The Morgan fingerprint density at radius 3 is 2.74 bits per heavy atom. The smallest absolute Gasteiger partial charge is 0.328 e. The first-order valence-electron chi connectivity index (χ1n) is 13.3. The van der Waals surface area contributed by atoms with Crippen LogP contribution in [0.2, 0.25) is 0 Å². The number of carbonyl (C=O) groups is 2. The van der Waals surface area contributed by atoms with Gasteiger partial charge in [-0.25, -0.2) is 19.7 Å². The summed E-state index contributed by atoms with van der Waals surface area (Å²) in [6.07, 6.45) is 2.57. The monoisotopic (exact) mass is 585 g/mol. The SMILES string of the molecule is C=CC(=O)Nc1cccc(N(C(=O)NCc2cccs2)c2cc(Nc3ccc(N4CCOCC4)cc3OC)ncn2)c1. The minimum atomic E-state index is -0.396. The number of benzene rings is 2. The van der Waals surface area contributed by atoms with E-state index in [-0.39, 0.29) is 5.91 Å². The van der Waals surface area contributed by atoms with Gasteiger partial charge in [-0.15, -0.1) is 11.3 Å². The zero-order chi connectivity index (χ0) is 29.3. The first-order valence-corrected chi connectivity index (χ1v) is 14.2. The van der Waals surface area contributed by atoms with Crippen molar-refractivity contribution in [3.63, 3.8) is 0 Å². The average Bonchev–Trinajstić information content (AvgIpc) is 3.55. The number of anilines is 6. The zero-order valence-corrected chi connectivity index (χ0v) is 23.9. The molecule has 1 aliphatic rings. The van der Waals surface area contributed by atoms with E-state index in [1.165, 1.54) is 17.3 Å². The van der Waals surface area contributed by atoms with Gasteiger partial charge in [-0.3, -0.25) is 4.79 Å². The molecule has 0 unspecified atom stereocenters. The molecule has 216 valence electrons. The van der Waals surface area contributed by atoms with Gasteiger partial charge in [0.25, 0.3) is 0 Å². The van der Waals surface area contributed by atoms with Gasteiger partial charge in [0, 0.05) is 41.5 Å². The Bertz CT molecular complexity index is 1540. The third-order valence-electron chi connectivity index (χ3n) is 6.46. The summed E-state index contributed by atoms with van der Waals surface area (Å²) in [5.74, 6) is 1.08. The van der Waals surface area contributed by atoms with Crippen LogP contribution in [0.15, 0.2) is 85.0 Å². The van der Waals surface area contributed by atoms with Crippen LogP contribution >= 0.6 is 11.3 Å². The van der Waals surface area contributed by atoms with E-state index in [1.54, 1.807) is 48.8 Å². The van der Waals surface area contributed by atoms with Crippen LogP contribution in [0, 0.1) is 0 Å². The summed E-state index contributed by atoms with van der Waals surface area (Å²) < 4.78 is 11.1. The van der Waals surface area contributed by atoms with Crippen molar-refractivity contribution < 1.29 is 19.1 Å². The molecule has 0 aliphatic carbocycles. The Labute approximate surface area is 247 Å². The van der Waals surface area contributed by atoms with Crippen LogP contribution in [-0.4, -0.2) is 55.3 Å². The maximum Gasteiger partial charge on any atom is 0.328 e. The summed E-state index contributed by atoms with van der Waals surface area (Å²) in [7, 11) is 1.62. The number of aromatic nitrogens is 2. The summed E-state index contributed by atoms with van der Waals surface area (Å²) in [5, 5.41) is 10.9. The van der Waals surface area contributed by atoms with Crippen LogP contribution in [0.25, 0.3) is 0 Å². The van der Waals surface area contributed by atoms with E-state index in [4.69, 9.17) is 9.47 Å². The molecule has 5 rings (SSSR count). The number of thiophene rings is 1. The van der Waals surface area contributed by atoms with Crippen molar-refractivity contribution >= 4 is 57.7 Å². The number of carbonyl (C=O) groups excluding carboxylic acids is 2. The van der Waals surface area contributed by atoms with E-state index >= 15 is 0 Å². The second kappa shape index (κ2) is 13.6. The lowest BCUT2D eigenvalue weighted by Crippen LogP contribution is -2.37. The molecule has 4 aromatic rings. The van der Waals surface area contributed by atoms with Gasteiger partial charge < -0.3 is 30.3 Å². The maximum atomic E-state index is 13.6. The predicted octanol–water partition coefficient (Wildman–Crippen LogP) is 5.30. The Morgan fingerprint density at radius 2 is 1.98 bits per heavy atom. The number of ether oxygens (including phenoxy) is 2. The number of rotatable bonds is 10. The summed E-state index contributed by atoms with van der Waals surface area (Å²) in [4.78, 5) is 39.0. The quantitative estimate of drug-likeness (QED) is 0.215. The topological polar surface area (TPSA) is 121 Å². The summed E-state index contributed by atoms with van der Waals surface area (Å²) in [6, 6.07) is 18.0. The van der Waals surface area contributed by atoms with Crippen molar-refractivity contribution in [2.75, 3.05) is 53.8 Å². The molecule has 3 amide bonds. The number of hydrogen-bond donors (Lipinski definition) is 3. The second-order valence-electron chi connectivity index (χ2n) is 9.19.